The van der Waals surface area contributed by atoms with E-state index in [0.717, 1.165) is 12.8 Å². The first-order valence-corrected chi connectivity index (χ1v) is 7.08. The van der Waals surface area contributed by atoms with Crippen molar-refractivity contribution in [2.24, 2.45) is 10.2 Å². The molecule has 2 aliphatic heterocycles. The van der Waals surface area contributed by atoms with Crippen molar-refractivity contribution in [2.75, 3.05) is 13.2 Å². The summed E-state index contributed by atoms with van der Waals surface area (Å²) in [5.74, 6) is 2.66. The molecular weight excluding hydrogens is 256 g/mol. The second kappa shape index (κ2) is 4.89. The summed E-state index contributed by atoms with van der Waals surface area (Å²) in [5.41, 5.74) is -0.415. The van der Waals surface area contributed by atoms with Crippen LogP contribution in [-0.2, 0) is 9.59 Å². The van der Waals surface area contributed by atoms with Crippen LogP contribution in [0.4, 0.5) is 0 Å². The van der Waals surface area contributed by atoms with Crippen molar-refractivity contribution in [1.29, 1.82) is 0 Å². The zero-order chi connectivity index (χ0) is 14.2. The lowest BCUT2D eigenvalue weighted by molar-refractivity contribution is -0.132. The van der Waals surface area contributed by atoms with E-state index in [1.165, 1.54) is 0 Å². The molecule has 2 fully saturated rings. The van der Waals surface area contributed by atoms with E-state index in [1.54, 1.807) is 4.90 Å². The minimum Gasteiger partial charge on any atom is -0.320 e. The van der Waals surface area contributed by atoms with Gasteiger partial charge in [-0.2, -0.15) is 10.2 Å². The summed E-state index contributed by atoms with van der Waals surface area (Å²) < 4.78 is 0. The Balaban J connectivity index is 1.46. The molecule has 3 aliphatic rings. The fourth-order valence-electron chi connectivity index (χ4n) is 2.57. The van der Waals surface area contributed by atoms with Gasteiger partial charge in [0, 0.05) is 31.7 Å². The number of hydrogen-bond acceptors (Lipinski definition) is 4. The highest BCUT2D eigenvalue weighted by atomic mass is 16.2. The first-order valence-electron chi connectivity index (χ1n) is 7.08. The van der Waals surface area contributed by atoms with Crippen LogP contribution in [0.5, 0.6) is 0 Å². The third kappa shape index (κ3) is 2.67. The predicted octanol–water partition coefficient (Wildman–Crippen LogP) is 1.13. The SMILES string of the molecule is C#CCCC1(CCC(=O)N2CC(=O)N(C3CC3)C2)N=N1. The first kappa shape index (κ1) is 13.1. The van der Waals surface area contributed by atoms with Crippen LogP contribution in [0.15, 0.2) is 10.2 Å². The molecule has 2 amide bonds. The molecule has 0 atom stereocenters. The van der Waals surface area contributed by atoms with Gasteiger partial charge in [0.2, 0.25) is 11.8 Å². The van der Waals surface area contributed by atoms with Gasteiger partial charge in [0.15, 0.2) is 5.66 Å². The van der Waals surface area contributed by atoms with E-state index >= 15 is 0 Å². The Labute approximate surface area is 118 Å². The van der Waals surface area contributed by atoms with Crippen LogP contribution < -0.4 is 0 Å². The fraction of sp³-hybridized carbons (Fsp3) is 0.714. The summed E-state index contributed by atoms with van der Waals surface area (Å²) in [6.07, 6.45) is 9.69. The topological polar surface area (TPSA) is 65.3 Å². The highest BCUT2D eigenvalue weighted by molar-refractivity contribution is 5.88. The lowest BCUT2D eigenvalue weighted by Gasteiger charge is -2.18. The number of rotatable bonds is 6. The number of carbonyl (C=O) groups excluding carboxylic acids is 2. The fourth-order valence-corrected chi connectivity index (χ4v) is 2.57. The van der Waals surface area contributed by atoms with Gasteiger partial charge in [0.25, 0.3) is 0 Å². The van der Waals surface area contributed by atoms with Crippen LogP contribution in [0, 0.1) is 12.3 Å². The maximum Gasteiger partial charge on any atom is 0.243 e. The molecule has 3 rings (SSSR count). The van der Waals surface area contributed by atoms with Crippen molar-refractivity contribution in [1.82, 2.24) is 9.80 Å². The van der Waals surface area contributed by atoms with Gasteiger partial charge in [0.05, 0.1) is 6.67 Å². The number of hydrogen-bond donors (Lipinski definition) is 0. The van der Waals surface area contributed by atoms with Crippen LogP contribution in [0.1, 0.15) is 38.5 Å². The Morgan fingerprint density at radius 1 is 1.40 bits per heavy atom. The van der Waals surface area contributed by atoms with Gasteiger partial charge >= 0.3 is 0 Å². The minimum absolute atomic E-state index is 0.0129. The second-order valence-corrected chi connectivity index (χ2v) is 5.71. The van der Waals surface area contributed by atoms with Crippen LogP contribution in [-0.4, -0.2) is 46.5 Å². The Morgan fingerprint density at radius 3 is 2.75 bits per heavy atom. The molecule has 1 saturated carbocycles. The Kier molecular flexibility index (Phi) is 3.20. The maximum absolute atomic E-state index is 12.2. The van der Waals surface area contributed by atoms with Gasteiger partial charge in [-0.15, -0.1) is 12.3 Å². The Bertz CT molecular complexity index is 498. The minimum atomic E-state index is -0.415. The second-order valence-electron chi connectivity index (χ2n) is 5.71. The standard InChI is InChI=1S/C14H18N4O2/c1-2-3-7-14(15-16-14)8-6-12(19)17-9-13(20)18(10-17)11-4-5-11/h1,11H,3-10H2. The van der Waals surface area contributed by atoms with Crippen molar-refractivity contribution in [2.45, 2.75) is 50.2 Å². The summed E-state index contributed by atoms with van der Waals surface area (Å²) >= 11 is 0. The molecule has 106 valence electrons. The molecule has 0 N–H and O–H groups in total. The molecule has 0 spiro atoms. The van der Waals surface area contributed by atoms with E-state index in [4.69, 9.17) is 6.42 Å². The molecule has 0 aromatic heterocycles. The molecule has 0 aromatic rings. The average molecular weight is 274 g/mol. The summed E-state index contributed by atoms with van der Waals surface area (Å²) in [6.45, 7) is 0.676. The van der Waals surface area contributed by atoms with E-state index in [9.17, 15) is 9.59 Å². The normalized spacial score (nSPS) is 23.1. The lowest BCUT2D eigenvalue weighted by atomic mass is 10.0. The summed E-state index contributed by atoms with van der Waals surface area (Å²) in [6, 6.07) is 0.371. The van der Waals surface area contributed by atoms with Crippen molar-refractivity contribution < 1.29 is 9.59 Å². The van der Waals surface area contributed by atoms with Gasteiger partial charge in [-0.05, 0) is 12.8 Å². The van der Waals surface area contributed by atoms with Gasteiger partial charge in [-0.1, -0.05) is 0 Å². The zero-order valence-electron chi connectivity index (χ0n) is 11.4. The molecule has 6 nitrogen and oxygen atoms in total. The van der Waals surface area contributed by atoms with Crippen molar-refractivity contribution in [3.8, 4) is 12.3 Å². The van der Waals surface area contributed by atoms with Gasteiger partial charge in [-0.3, -0.25) is 9.59 Å². The number of terminal acetylenes is 1. The number of carbonyl (C=O) groups is 2. The Morgan fingerprint density at radius 2 is 2.15 bits per heavy atom. The van der Waals surface area contributed by atoms with Gasteiger partial charge in [0.1, 0.15) is 6.54 Å². The third-order valence-corrected chi connectivity index (χ3v) is 4.10. The van der Waals surface area contributed by atoms with Crippen LogP contribution in [0.25, 0.3) is 0 Å². The monoisotopic (exact) mass is 274 g/mol. The lowest BCUT2D eigenvalue weighted by Crippen LogP contribution is -2.32. The number of nitrogens with zero attached hydrogens (tertiary/aromatic N) is 4. The molecule has 6 heteroatoms. The molecule has 1 saturated heterocycles. The van der Waals surface area contributed by atoms with E-state index in [1.807, 2.05) is 4.90 Å². The van der Waals surface area contributed by atoms with E-state index in [-0.39, 0.29) is 18.4 Å². The van der Waals surface area contributed by atoms with E-state index < -0.39 is 5.66 Å². The smallest absolute Gasteiger partial charge is 0.243 e. The highest BCUT2D eigenvalue weighted by Crippen LogP contribution is 2.38. The maximum atomic E-state index is 12.2. The van der Waals surface area contributed by atoms with Crippen molar-refractivity contribution in [3.05, 3.63) is 0 Å². The Hall–Kier alpha value is -1.90. The largest absolute Gasteiger partial charge is 0.320 e. The van der Waals surface area contributed by atoms with E-state index in [2.05, 4.69) is 16.1 Å². The van der Waals surface area contributed by atoms with Crippen molar-refractivity contribution in [3.63, 3.8) is 0 Å². The summed E-state index contributed by atoms with van der Waals surface area (Å²) in [4.78, 5) is 27.4. The summed E-state index contributed by atoms with van der Waals surface area (Å²) in [7, 11) is 0. The van der Waals surface area contributed by atoms with Crippen LogP contribution >= 0.6 is 0 Å². The molecule has 2 heterocycles. The first-order chi connectivity index (χ1) is 9.63. The molecule has 20 heavy (non-hydrogen) atoms. The zero-order valence-corrected chi connectivity index (χ0v) is 11.4. The van der Waals surface area contributed by atoms with Gasteiger partial charge < -0.3 is 9.80 Å². The van der Waals surface area contributed by atoms with Crippen LogP contribution in [0.2, 0.25) is 0 Å². The number of amides is 2. The molecule has 1 aliphatic carbocycles. The molecule has 0 aromatic carbocycles. The average Bonchev–Trinajstić information content (AvgIpc) is 3.35. The molecular formula is C14H18N4O2. The molecule has 0 bridgehead atoms. The predicted molar refractivity (Wildman–Crippen MR) is 71.3 cm³/mol. The molecule has 0 radical (unpaired) electrons. The van der Waals surface area contributed by atoms with Crippen LogP contribution in [0.3, 0.4) is 0 Å². The van der Waals surface area contributed by atoms with Gasteiger partial charge in [-0.25, -0.2) is 0 Å². The third-order valence-electron chi connectivity index (χ3n) is 4.10. The van der Waals surface area contributed by atoms with Crippen molar-refractivity contribution >= 4 is 11.8 Å². The summed E-state index contributed by atoms with van der Waals surface area (Å²) in [5, 5.41) is 8.04. The highest BCUT2D eigenvalue weighted by Gasteiger charge is 2.42. The quantitative estimate of drug-likeness (QED) is 0.682. The molecule has 0 unspecified atom stereocenters. The van der Waals surface area contributed by atoms with E-state index in [0.29, 0.717) is 38.4 Å².